The van der Waals surface area contributed by atoms with E-state index >= 15 is 0 Å². The van der Waals surface area contributed by atoms with E-state index in [1.54, 1.807) is 0 Å². The minimum Gasteiger partial charge on any atom is -0.101 e. The largest absolute Gasteiger partial charge is 0.101 e. The van der Waals surface area contributed by atoms with Gasteiger partial charge in [-0.2, -0.15) is 0 Å². The molecule has 0 N–H and O–H groups in total. The summed E-state index contributed by atoms with van der Waals surface area (Å²) in [4.78, 5) is 0. The summed E-state index contributed by atoms with van der Waals surface area (Å²) in [7, 11) is 3.27. The molecule has 0 bridgehead atoms. The van der Waals surface area contributed by atoms with Crippen molar-refractivity contribution in [1.29, 1.82) is 0 Å². The highest BCUT2D eigenvalue weighted by Gasteiger charge is 1.84. The van der Waals surface area contributed by atoms with Crippen molar-refractivity contribution >= 4 is 16.3 Å². The third kappa shape index (κ3) is 1.85. The lowest BCUT2D eigenvalue weighted by molar-refractivity contribution is 1.46. The van der Waals surface area contributed by atoms with E-state index in [1.165, 1.54) is 11.1 Å². The van der Waals surface area contributed by atoms with Gasteiger partial charge >= 0.3 is 0 Å². The molecule has 0 aromatic heterocycles. The number of rotatable bonds is 1. The summed E-state index contributed by atoms with van der Waals surface area (Å²) in [5.41, 5.74) is 4.38. The molecule has 1 aromatic carbocycles. The number of benzene rings is 1. The summed E-state index contributed by atoms with van der Waals surface area (Å²) in [5.74, 6) is 0. The van der Waals surface area contributed by atoms with E-state index in [4.69, 9.17) is 0 Å². The van der Waals surface area contributed by atoms with E-state index in [2.05, 4.69) is 41.4 Å². The van der Waals surface area contributed by atoms with Crippen LogP contribution in [0.2, 0.25) is 0 Å². The van der Waals surface area contributed by atoms with Crippen molar-refractivity contribution in [3.8, 4) is 0 Å². The van der Waals surface area contributed by atoms with E-state index < -0.39 is 0 Å². The maximum Gasteiger partial charge on any atom is 0.0601 e. The first-order valence-electron chi connectivity index (χ1n) is 3.23. The highest BCUT2D eigenvalue weighted by molar-refractivity contribution is 6.19. The maximum atomic E-state index is 3.27. The first-order chi connectivity index (χ1) is 4.83. The van der Waals surface area contributed by atoms with Gasteiger partial charge in [0.05, 0.1) is 10.2 Å². The van der Waals surface area contributed by atoms with Crippen LogP contribution in [0.4, 0.5) is 0 Å². The Hall–Kier alpha value is -0.823. The van der Waals surface area contributed by atoms with Crippen LogP contribution in [-0.4, -0.2) is 10.2 Å². The molecule has 0 fully saturated rings. The Morgan fingerprint density at radius 1 is 1.40 bits per heavy atom. The topological polar surface area (TPSA) is 0 Å². The summed E-state index contributed by atoms with van der Waals surface area (Å²) in [6, 6.07) is 8.35. The number of hydrogen-bond donors (Lipinski definition) is 0. The van der Waals surface area contributed by atoms with Crippen LogP contribution in [-0.2, 0) is 0 Å². The molecule has 0 saturated carbocycles. The highest BCUT2D eigenvalue weighted by atomic mass is 28.1. The summed E-state index contributed by atoms with van der Waals surface area (Å²) < 4.78 is 0. The number of hydrogen-bond acceptors (Lipinski definition) is 0. The Kier molecular flexibility index (Phi) is 2.46. The third-order valence-corrected chi connectivity index (χ3v) is 1.48. The van der Waals surface area contributed by atoms with Crippen molar-refractivity contribution in [2.75, 3.05) is 0 Å². The lowest BCUT2D eigenvalue weighted by Gasteiger charge is -1.93. The minimum absolute atomic E-state index is 1.23. The molecule has 0 saturated heterocycles. The molecule has 1 aromatic rings. The Morgan fingerprint density at radius 2 is 2.20 bits per heavy atom. The average Bonchev–Trinajstić information content (AvgIpc) is 1.88. The number of aryl methyl sites for hydroxylation is 1. The Bertz CT molecular complexity index is 238. The molecular weight excluding hydrogens is 136 g/mol. The monoisotopic (exact) mass is 145 g/mol. The fourth-order valence-corrected chi connectivity index (χ4v) is 1.06. The molecule has 0 nitrogen and oxygen atoms in total. The molecule has 1 heteroatoms. The molecular formula is C9H9Si. The quantitative estimate of drug-likeness (QED) is 0.531. The standard InChI is InChI=1S/C9H9Si/c1-8-3-2-4-9(7-8)5-6-10/h2-7H,1H3. The molecule has 0 unspecified atom stereocenters. The van der Waals surface area contributed by atoms with Crippen LogP contribution in [0.5, 0.6) is 0 Å². The Labute approximate surface area is 65.0 Å². The van der Waals surface area contributed by atoms with Gasteiger partial charge in [-0.15, -0.1) is 5.70 Å². The first-order valence-corrected chi connectivity index (χ1v) is 3.81. The van der Waals surface area contributed by atoms with Crippen LogP contribution in [0, 0.1) is 6.92 Å². The van der Waals surface area contributed by atoms with Crippen molar-refractivity contribution in [3.05, 3.63) is 41.1 Å². The fourth-order valence-electron chi connectivity index (χ4n) is 0.870. The SMILES string of the molecule is Cc1cccc(C=C[Si])c1. The van der Waals surface area contributed by atoms with Crippen LogP contribution in [0.15, 0.2) is 30.0 Å². The molecule has 0 aliphatic carbocycles. The van der Waals surface area contributed by atoms with Gasteiger partial charge in [-0.25, -0.2) is 0 Å². The zero-order chi connectivity index (χ0) is 7.40. The van der Waals surface area contributed by atoms with Gasteiger partial charge in [0.25, 0.3) is 0 Å². The predicted octanol–water partition coefficient (Wildman–Crippen LogP) is 2.13. The molecule has 0 heterocycles. The Morgan fingerprint density at radius 3 is 2.80 bits per heavy atom. The van der Waals surface area contributed by atoms with Crippen LogP contribution in [0.1, 0.15) is 11.1 Å². The minimum atomic E-state index is 1.23. The van der Waals surface area contributed by atoms with E-state index in [0.29, 0.717) is 0 Å². The molecule has 49 valence electrons. The van der Waals surface area contributed by atoms with Crippen molar-refractivity contribution in [2.24, 2.45) is 0 Å². The van der Waals surface area contributed by atoms with Crippen LogP contribution >= 0.6 is 0 Å². The fraction of sp³-hybridized carbons (Fsp3) is 0.111. The van der Waals surface area contributed by atoms with Crippen LogP contribution < -0.4 is 0 Å². The molecule has 1 rings (SSSR count). The van der Waals surface area contributed by atoms with Gasteiger partial charge in [-0.1, -0.05) is 35.9 Å². The van der Waals surface area contributed by atoms with E-state index in [0.717, 1.165) is 0 Å². The van der Waals surface area contributed by atoms with E-state index in [-0.39, 0.29) is 0 Å². The van der Waals surface area contributed by atoms with Crippen molar-refractivity contribution in [2.45, 2.75) is 6.92 Å². The van der Waals surface area contributed by atoms with Gasteiger partial charge < -0.3 is 0 Å². The second-order valence-corrected chi connectivity index (χ2v) is 2.58. The van der Waals surface area contributed by atoms with Gasteiger partial charge in [0, 0.05) is 0 Å². The van der Waals surface area contributed by atoms with Gasteiger partial charge in [0.15, 0.2) is 0 Å². The van der Waals surface area contributed by atoms with Gasteiger partial charge in [0.2, 0.25) is 0 Å². The summed E-state index contributed by atoms with van der Waals surface area (Å²) >= 11 is 0. The highest BCUT2D eigenvalue weighted by Crippen LogP contribution is 2.04. The third-order valence-electron chi connectivity index (χ3n) is 1.32. The summed E-state index contributed by atoms with van der Waals surface area (Å²) in [5, 5.41) is 0. The van der Waals surface area contributed by atoms with Crippen LogP contribution in [0.25, 0.3) is 6.08 Å². The Balaban J connectivity index is 2.95. The average molecular weight is 145 g/mol. The van der Waals surface area contributed by atoms with Crippen molar-refractivity contribution < 1.29 is 0 Å². The van der Waals surface area contributed by atoms with E-state index in [9.17, 15) is 0 Å². The first kappa shape index (κ1) is 7.29. The predicted molar refractivity (Wildman–Crippen MR) is 46.0 cm³/mol. The maximum absolute atomic E-state index is 3.27. The second-order valence-electron chi connectivity index (χ2n) is 2.25. The van der Waals surface area contributed by atoms with Crippen molar-refractivity contribution in [1.82, 2.24) is 0 Å². The lowest BCUT2D eigenvalue weighted by atomic mass is 10.1. The molecule has 0 amide bonds. The molecule has 0 aliphatic rings. The van der Waals surface area contributed by atoms with Gasteiger partial charge in [-0.05, 0) is 12.5 Å². The summed E-state index contributed by atoms with van der Waals surface area (Å²) in [6.07, 6.45) is 2.02. The smallest absolute Gasteiger partial charge is 0.0601 e. The second kappa shape index (κ2) is 3.37. The normalized spacial score (nSPS) is 10.6. The molecule has 10 heavy (non-hydrogen) atoms. The lowest BCUT2D eigenvalue weighted by Crippen LogP contribution is -1.73. The van der Waals surface area contributed by atoms with Crippen molar-refractivity contribution in [3.63, 3.8) is 0 Å². The zero-order valence-corrected chi connectivity index (χ0v) is 6.96. The molecule has 3 radical (unpaired) electrons. The van der Waals surface area contributed by atoms with E-state index in [1.807, 2.05) is 11.8 Å². The summed E-state index contributed by atoms with van der Waals surface area (Å²) in [6.45, 7) is 2.09. The van der Waals surface area contributed by atoms with Gasteiger partial charge in [-0.3, -0.25) is 0 Å². The van der Waals surface area contributed by atoms with Gasteiger partial charge in [0.1, 0.15) is 0 Å². The molecule has 0 spiro atoms. The molecule has 0 aliphatic heterocycles. The zero-order valence-electron chi connectivity index (χ0n) is 5.96. The van der Waals surface area contributed by atoms with Crippen LogP contribution in [0.3, 0.4) is 0 Å². The molecule has 0 atom stereocenters.